The zero-order valence-corrected chi connectivity index (χ0v) is 15.5. The minimum Gasteiger partial charge on any atom is -0.361 e. The summed E-state index contributed by atoms with van der Waals surface area (Å²) < 4.78 is 1.75. The number of aromatic amines is 1. The number of carbonyl (C=O) groups is 2. The van der Waals surface area contributed by atoms with Gasteiger partial charge in [0.1, 0.15) is 0 Å². The lowest BCUT2D eigenvalue weighted by molar-refractivity contribution is -0.132. The van der Waals surface area contributed by atoms with Crippen molar-refractivity contribution in [3.05, 3.63) is 54.2 Å². The van der Waals surface area contributed by atoms with Gasteiger partial charge >= 0.3 is 0 Å². The number of hydrogen-bond donors (Lipinski definition) is 1. The third-order valence-corrected chi connectivity index (χ3v) is 5.47. The monoisotopic (exact) mass is 364 g/mol. The number of ketones is 1. The van der Waals surface area contributed by atoms with Crippen LogP contribution in [-0.2, 0) is 18.3 Å². The molecule has 0 radical (unpaired) electrons. The van der Waals surface area contributed by atoms with E-state index < -0.39 is 0 Å². The molecule has 2 aromatic heterocycles. The van der Waals surface area contributed by atoms with E-state index in [4.69, 9.17) is 0 Å². The first-order chi connectivity index (χ1) is 13.1. The van der Waals surface area contributed by atoms with E-state index in [1.807, 2.05) is 36.3 Å². The number of aryl methyl sites for hydroxylation is 2. The number of fused-ring (bicyclic) bond motifs is 1. The molecule has 0 bridgehead atoms. The first kappa shape index (κ1) is 17.5. The summed E-state index contributed by atoms with van der Waals surface area (Å²) in [5.74, 6) is 0.485. The molecule has 1 saturated heterocycles. The standard InChI is InChI=1S/C21H24N4O2/c1-24-12-10-22-21(24)20(27)16-5-4-11-25(14-16)19(26)9-8-15-13-23-18-7-3-2-6-17(15)18/h2-3,6-7,10,12-13,16,23H,4-5,8-9,11,14H2,1H3/t16-/m1/s1. The van der Waals surface area contributed by atoms with Crippen molar-refractivity contribution in [1.29, 1.82) is 0 Å². The maximum atomic E-state index is 12.7. The van der Waals surface area contributed by atoms with E-state index in [9.17, 15) is 9.59 Å². The maximum Gasteiger partial charge on any atom is 0.222 e. The van der Waals surface area contributed by atoms with E-state index in [1.54, 1.807) is 17.0 Å². The molecule has 3 aromatic rings. The second-order valence-electron chi connectivity index (χ2n) is 7.26. The van der Waals surface area contributed by atoms with Crippen LogP contribution in [0.15, 0.2) is 42.9 Å². The number of H-pyrrole nitrogens is 1. The zero-order valence-electron chi connectivity index (χ0n) is 15.5. The van der Waals surface area contributed by atoms with Crippen LogP contribution in [0.4, 0.5) is 0 Å². The molecule has 1 N–H and O–H groups in total. The van der Waals surface area contributed by atoms with Crippen LogP contribution < -0.4 is 0 Å². The quantitative estimate of drug-likeness (QED) is 0.708. The van der Waals surface area contributed by atoms with Crippen molar-refractivity contribution in [1.82, 2.24) is 19.4 Å². The van der Waals surface area contributed by atoms with Gasteiger partial charge in [-0.1, -0.05) is 18.2 Å². The fourth-order valence-electron chi connectivity index (χ4n) is 3.94. The highest BCUT2D eigenvalue weighted by Gasteiger charge is 2.30. The van der Waals surface area contributed by atoms with Crippen molar-refractivity contribution >= 4 is 22.6 Å². The van der Waals surface area contributed by atoms with E-state index in [1.165, 1.54) is 5.39 Å². The number of benzene rings is 1. The Morgan fingerprint density at radius 2 is 2.15 bits per heavy atom. The second kappa shape index (κ2) is 7.39. The van der Waals surface area contributed by atoms with Gasteiger partial charge in [0.2, 0.25) is 11.7 Å². The van der Waals surface area contributed by atoms with E-state index in [0.29, 0.717) is 25.2 Å². The molecular formula is C21H24N4O2. The smallest absolute Gasteiger partial charge is 0.222 e. The summed E-state index contributed by atoms with van der Waals surface area (Å²) in [6.07, 6.45) is 8.25. The van der Waals surface area contributed by atoms with Gasteiger partial charge in [0, 0.05) is 62.0 Å². The number of hydrogen-bond acceptors (Lipinski definition) is 3. The Labute approximate surface area is 158 Å². The zero-order chi connectivity index (χ0) is 18.8. The highest BCUT2D eigenvalue weighted by molar-refractivity contribution is 5.95. The van der Waals surface area contributed by atoms with Crippen molar-refractivity contribution in [2.24, 2.45) is 13.0 Å². The van der Waals surface area contributed by atoms with E-state index in [2.05, 4.69) is 16.0 Å². The van der Waals surface area contributed by atoms with Gasteiger partial charge in [0.15, 0.2) is 5.82 Å². The molecular weight excluding hydrogens is 340 g/mol. The summed E-state index contributed by atoms with van der Waals surface area (Å²) in [6.45, 7) is 1.23. The Kier molecular flexibility index (Phi) is 4.79. The summed E-state index contributed by atoms with van der Waals surface area (Å²) in [5, 5.41) is 1.17. The Bertz CT molecular complexity index is 971. The number of piperidine rings is 1. The molecule has 3 heterocycles. The number of nitrogens with zero attached hydrogens (tertiary/aromatic N) is 3. The van der Waals surface area contributed by atoms with E-state index in [0.717, 1.165) is 30.5 Å². The van der Waals surface area contributed by atoms with Crippen LogP contribution in [0.2, 0.25) is 0 Å². The van der Waals surface area contributed by atoms with Crippen LogP contribution in [0.1, 0.15) is 35.4 Å². The Morgan fingerprint density at radius 1 is 1.30 bits per heavy atom. The fraction of sp³-hybridized carbons (Fsp3) is 0.381. The topological polar surface area (TPSA) is 71.0 Å². The summed E-state index contributed by atoms with van der Waals surface area (Å²) in [5.41, 5.74) is 2.26. The molecule has 27 heavy (non-hydrogen) atoms. The minimum atomic E-state index is -0.156. The van der Waals surface area contributed by atoms with Crippen molar-refractivity contribution in [2.75, 3.05) is 13.1 Å². The number of imidazole rings is 1. The van der Waals surface area contributed by atoms with Gasteiger partial charge in [-0.15, -0.1) is 0 Å². The third-order valence-electron chi connectivity index (χ3n) is 5.47. The molecule has 6 nitrogen and oxygen atoms in total. The molecule has 1 aromatic carbocycles. The molecule has 0 spiro atoms. The van der Waals surface area contributed by atoms with E-state index in [-0.39, 0.29) is 17.6 Å². The molecule has 1 aliphatic heterocycles. The average Bonchev–Trinajstić information content (AvgIpc) is 3.31. The van der Waals surface area contributed by atoms with Crippen LogP contribution >= 0.6 is 0 Å². The van der Waals surface area contributed by atoms with Crippen LogP contribution in [0, 0.1) is 5.92 Å². The number of amides is 1. The Morgan fingerprint density at radius 3 is 2.96 bits per heavy atom. The van der Waals surface area contributed by atoms with Gasteiger partial charge in [-0.25, -0.2) is 4.98 Å². The fourth-order valence-corrected chi connectivity index (χ4v) is 3.94. The first-order valence-electron chi connectivity index (χ1n) is 9.48. The number of carbonyl (C=O) groups excluding carboxylic acids is 2. The lowest BCUT2D eigenvalue weighted by Crippen LogP contribution is -2.42. The number of nitrogens with one attached hydrogen (secondary N) is 1. The predicted octanol–water partition coefficient (Wildman–Crippen LogP) is 2.96. The molecule has 0 unspecified atom stereocenters. The summed E-state index contributed by atoms with van der Waals surface area (Å²) >= 11 is 0. The van der Waals surface area contributed by atoms with Gasteiger partial charge in [0.05, 0.1) is 0 Å². The largest absolute Gasteiger partial charge is 0.361 e. The summed E-state index contributed by atoms with van der Waals surface area (Å²) in [6, 6.07) is 8.13. The second-order valence-corrected chi connectivity index (χ2v) is 7.26. The lowest BCUT2D eigenvalue weighted by atomic mass is 9.93. The third kappa shape index (κ3) is 3.52. The van der Waals surface area contributed by atoms with Crippen LogP contribution in [-0.4, -0.2) is 44.2 Å². The molecule has 1 fully saturated rings. The molecule has 4 rings (SSSR count). The lowest BCUT2D eigenvalue weighted by Gasteiger charge is -2.32. The van der Waals surface area contributed by atoms with Crippen molar-refractivity contribution < 1.29 is 9.59 Å². The molecule has 1 amide bonds. The molecule has 1 atom stereocenters. The van der Waals surface area contributed by atoms with Crippen LogP contribution in [0.25, 0.3) is 10.9 Å². The summed E-state index contributed by atoms with van der Waals surface area (Å²) in [7, 11) is 1.83. The molecule has 0 aliphatic carbocycles. The molecule has 1 aliphatic rings. The first-order valence-corrected chi connectivity index (χ1v) is 9.48. The van der Waals surface area contributed by atoms with Gasteiger partial charge in [-0.2, -0.15) is 0 Å². The molecule has 6 heteroatoms. The van der Waals surface area contributed by atoms with Gasteiger partial charge < -0.3 is 14.5 Å². The number of Topliss-reactive ketones (excluding diaryl/α,β-unsaturated/α-hetero) is 1. The van der Waals surface area contributed by atoms with Crippen molar-refractivity contribution in [3.63, 3.8) is 0 Å². The average molecular weight is 364 g/mol. The maximum absolute atomic E-state index is 12.7. The molecule has 0 saturated carbocycles. The van der Waals surface area contributed by atoms with Gasteiger partial charge in [-0.05, 0) is 30.9 Å². The van der Waals surface area contributed by atoms with Crippen LogP contribution in [0.5, 0.6) is 0 Å². The highest BCUT2D eigenvalue weighted by Crippen LogP contribution is 2.23. The van der Waals surface area contributed by atoms with Gasteiger partial charge in [-0.3, -0.25) is 9.59 Å². The number of para-hydroxylation sites is 1. The number of rotatable bonds is 5. The van der Waals surface area contributed by atoms with Crippen molar-refractivity contribution in [3.8, 4) is 0 Å². The Hall–Kier alpha value is -2.89. The summed E-state index contributed by atoms with van der Waals surface area (Å²) in [4.78, 5) is 34.7. The van der Waals surface area contributed by atoms with E-state index >= 15 is 0 Å². The predicted molar refractivity (Wildman–Crippen MR) is 103 cm³/mol. The van der Waals surface area contributed by atoms with Gasteiger partial charge in [0.25, 0.3) is 0 Å². The SMILES string of the molecule is Cn1ccnc1C(=O)[C@@H]1CCCN(C(=O)CCc2c[nH]c3ccccc23)C1. The van der Waals surface area contributed by atoms with Crippen LogP contribution in [0.3, 0.4) is 0 Å². The highest BCUT2D eigenvalue weighted by atomic mass is 16.2. The van der Waals surface area contributed by atoms with Crippen molar-refractivity contribution in [2.45, 2.75) is 25.7 Å². The normalized spacial score (nSPS) is 17.4. The number of likely N-dealkylation sites (tertiary alicyclic amines) is 1. The Balaban J connectivity index is 1.38. The molecule has 140 valence electrons. The minimum absolute atomic E-state index is 0.0385. The number of aromatic nitrogens is 3.